The molecule has 0 unspecified atom stereocenters. The summed E-state index contributed by atoms with van der Waals surface area (Å²) in [5.41, 5.74) is 11.2. The summed E-state index contributed by atoms with van der Waals surface area (Å²) in [6.07, 6.45) is 0. The standard InChI is InChI=1S/C20H12Cl2N8O/c1-29-13-5-3-2-4-11(13)24-19(29)14-15-20(26-18-17(25-15)27-31-28-18)30(16(14)23)12-7-6-9(21)8-10(12)22/h2-8H,23H2,1H3. The lowest BCUT2D eigenvalue weighted by Crippen LogP contribution is -2.03. The number of aryl methyl sites for hydroxylation is 1. The number of imidazole rings is 1. The van der Waals surface area contributed by atoms with Crippen LogP contribution in [0.15, 0.2) is 47.1 Å². The second kappa shape index (κ2) is 6.40. The van der Waals surface area contributed by atoms with Crippen molar-refractivity contribution in [2.45, 2.75) is 0 Å². The van der Waals surface area contributed by atoms with Crippen molar-refractivity contribution in [2.75, 3.05) is 5.73 Å². The molecule has 4 aromatic heterocycles. The third kappa shape index (κ3) is 2.54. The summed E-state index contributed by atoms with van der Waals surface area (Å²) in [4.78, 5) is 14.0. The second-order valence-electron chi connectivity index (χ2n) is 6.98. The van der Waals surface area contributed by atoms with Gasteiger partial charge in [-0.25, -0.2) is 19.6 Å². The molecule has 0 atom stereocenters. The van der Waals surface area contributed by atoms with Gasteiger partial charge in [0.15, 0.2) is 5.65 Å². The molecule has 9 nitrogen and oxygen atoms in total. The number of nitrogen functional groups attached to an aromatic ring is 1. The van der Waals surface area contributed by atoms with Gasteiger partial charge in [0.2, 0.25) is 11.3 Å². The Bertz CT molecular complexity index is 1650. The molecule has 6 rings (SSSR count). The fourth-order valence-corrected chi connectivity index (χ4v) is 4.29. The molecule has 2 aromatic carbocycles. The molecule has 4 heterocycles. The van der Waals surface area contributed by atoms with Crippen molar-refractivity contribution >= 4 is 62.5 Å². The molecular formula is C20H12Cl2N8O. The minimum atomic E-state index is 0.257. The van der Waals surface area contributed by atoms with E-state index >= 15 is 0 Å². The van der Waals surface area contributed by atoms with E-state index in [1.807, 2.05) is 35.9 Å². The van der Waals surface area contributed by atoms with Gasteiger partial charge < -0.3 is 10.3 Å². The Morgan fingerprint density at radius 1 is 0.968 bits per heavy atom. The van der Waals surface area contributed by atoms with Gasteiger partial charge in [0.25, 0.3) is 0 Å². The first-order valence-electron chi connectivity index (χ1n) is 9.20. The average Bonchev–Trinajstić information content (AvgIpc) is 3.41. The fourth-order valence-electron chi connectivity index (χ4n) is 3.80. The topological polar surface area (TPSA) is 113 Å². The molecule has 0 saturated heterocycles. The van der Waals surface area contributed by atoms with Crippen LogP contribution in [0, 0.1) is 0 Å². The molecule has 152 valence electrons. The normalized spacial score (nSPS) is 11.8. The molecule has 0 spiro atoms. The van der Waals surface area contributed by atoms with Crippen molar-refractivity contribution in [1.29, 1.82) is 0 Å². The van der Waals surface area contributed by atoms with Gasteiger partial charge >= 0.3 is 0 Å². The Hall–Kier alpha value is -3.69. The van der Waals surface area contributed by atoms with E-state index in [1.54, 1.807) is 22.8 Å². The van der Waals surface area contributed by atoms with Crippen LogP contribution in [0.2, 0.25) is 10.0 Å². The fraction of sp³-hybridized carbons (Fsp3) is 0.0500. The highest BCUT2D eigenvalue weighted by molar-refractivity contribution is 6.36. The molecule has 0 fully saturated rings. The third-order valence-electron chi connectivity index (χ3n) is 5.20. The summed E-state index contributed by atoms with van der Waals surface area (Å²) in [6, 6.07) is 13.0. The molecule has 0 aliphatic rings. The van der Waals surface area contributed by atoms with Crippen LogP contribution >= 0.6 is 23.2 Å². The van der Waals surface area contributed by atoms with Crippen LogP contribution in [0.3, 0.4) is 0 Å². The van der Waals surface area contributed by atoms with Gasteiger partial charge in [-0.15, -0.1) is 0 Å². The molecule has 0 bridgehead atoms. The number of hydrogen-bond acceptors (Lipinski definition) is 7. The molecule has 0 radical (unpaired) electrons. The average molecular weight is 451 g/mol. The Labute approximate surface area is 184 Å². The summed E-state index contributed by atoms with van der Waals surface area (Å²) < 4.78 is 8.48. The minimum Gasteiger partial charge on any atom is -0.384 e. The molecule has 6 aromatic rings. The van der Waals surface area contributed by atoms with E-state index in [9.17, 15) is 0 Å². The molecule has 0 aliphatic heterocycles. The summed E-state index contributed by atoms with van der Waals surface area (Å²) in [5.74, 6) is 1.01. The first kappa shape index (κ1) is 18.1. The van der Waals surface area contributed by atoms with E-state index in [4.69, 9.17) is 38.5 Å². The lowest BCUT2D eigenvalue weighted by atomic mass is 10.2. The monoisotopic (exact) mass is 450 g/mol. The first-order chi connectivity index (χ1) is 15.0. The van der Waals surface area contributed by atoms with Gasteiger partial charge in [-0.3, -0.25) is 4.57 Å². The number of aromatic nitrogens is 7. The van der Waals surface area contributed by atoms with Crippen molar-refractivity contribution in [3.05, 3.63) is 52.5 Å². The van der Waals surface area contributed by atoms with Crippen molar-refractivity contribution in [1.82, 2.24) is 34.4 Å². The van der Waals surface area contributed by atoms with E-state index in [0.717, 1.165) is 11.0 Å². The van der Waals surface area contributed by atoms with Crippen LogP contribution in [0.4, 0.5) is 5.82 Å². The summed E-state index contributed by atoms with van der Waals surface area (Å²) >= 11 is 12.6. The lowest BCUT2D eigenvalue weighted by Gasteiger charge is -2.10. The van der Waals surface area contributed by atoms with E-state index in [0.29, 0.717) is 44.1 Å². The second-order valence-corrected chi connectivity index (χ2v) is 7.83. The van der Waals surface area contributed by atoms with Gasteiger partial charge in [0.05, 0.1) is 27.3 Å². The maximum Gasteiger partial charge on any atom is 0.245 e. The molecule has 2 N–H and O–H groups in total. The Morgan fingerprint density at radius 3 is 2.52 bits per heavy atom. The largest absolute Gasteiger partial charge is 0.384 e. The maximum absolute atomic E-state index is 6.68. The van der Waals surface area contributed by atoms with E-state index in [-0.39, 0.29) is 11.3 Å². The zero-order valence-electron chi connectivity index (χ0n) is 15.9. The third-order valence-corrected chi connectivity index (χ3v) is 5.74. The number of halogens is 2. The quantitative estimate of drug-likeness (QED) is 0.415. The first-order valence-corrected chi connectivity index (χ1v) is 9.96. The van der Waals surface area contributed by atoms with Crippen molar-refractivity contribution in [2.24, 2.45) is 7.05 Å². The van der Waals surface area contributed by atoms with E-state index in [2.05, 4.69) is 20.3 Å². The smallest absolute Gasteiger partial charge is 0.245 e. The van der Waals surface area contributed by atoms with Crippen molar-refractivity contribution < 1.29 is 4.63 Å². The highest BCUT2D eigenvalue weighted by atomic mass is 35.5. The van der Waals surface area contributed by atoms with E-state index in [1.165, 1.54) is 0 Å². The van der Waals surface area contributed by atoms with Gasteiger partial charge in [0, 0.05) is 12.1 Å². The van der Waals surface area contributed by atoms with Crippen LogP contribution in [0.1, 0.15) is 0 Å². The SMILES string of the molecule is Cn1c(-c2c(N)n(-c3ccc(Cl)cc3Cl)c3nc4nonc4nc23)nc2ccccc21. The molecular weight excluding hydrogens is 439 g/mol. The van der Waals surface area contributed by atoms with Crippen LogP contribution in [-0.4, -0.2) is 34.4 Å². The minimum absolute atomic E-state index is 0.257. The Morgan fingerprint density at radius 2 is 1.74 bits per heavy atom. The molecule has 0 saturated carbocycles. The van der Waals surface area contributed by atoms with Gasteiger partial charge in [-0.2, -0.15) is 0 Å². The van der Waals surface area contributed by atoms with Gasteiger partial charge in [-0.1, -0.05) is 35.3 Å². The number of nitrogens with zero attached hydrogens (tertiary/aromatic N) is 7. The number of rotatable bonds is 2. The van der Waals surface area contributed by atoms with Crippen molar-refractivity contribution in [3.63, 3.8) is 0 Å². The van der Waals surface area contributed by atoms with Gasteiger partial charge in [0.1, 0.15) is 17.2 Å². The number of hydrogen-bond donors (Lipinski definition) is 1. The number of benzene rings is 2. The van der Waals surface area contributed by atoms with E-state index < -0.39 is 0 Å². The Kier molecular flexibility index (Phi) is 3.74. The molecule has 11 heteroatoms. The predicted octanol–water partition coefficient (Wildman–Crippen LogP) is 4.40. The highest BCUT2D eigenvalue weighted by Crippen LogP contribution is 2.40. The number of anilines is 1. The summed E-state index contributed by atoms with van der Waals surface area (Å²) in [5, 5.41) is 8.56. The Balaban J connectivity index is 1.77. The van der Waals surface area contributed by atoms with Crippen LogP contribution in [-0.2, 0) is 7.05 Å². The molecule has 0 amide bonds. The maximum atomic E-state index is 6.68. The van der Waals surface area contributed by atoms with Crippen molar-refractivity contribution in [3.8, 4) is 17.1 Å². The lowest BCUT2D eigenvalue weighted by molar-refractivity contribution is 0.314. The predicted molar refractivity (Wildman–Crippen MR) is 118 cm³/mol. The number of fused-ring (bicyclic) bond motifs is 3. The summed E-state index contributed by atoms with van der Waals surface area (Å²) in [7, 11) is 1.92. The highest BCUT2D eigenvalue weighted by Gasteiger charge is 2.26. The summed E-state index contributed by atoms with van der Waals surface area (Å²) in [6.45, 7) is 0. The molecule has 0 aliphatic carbocycles. The molecule has 31 heavy (non-hydrogen) atoms. The van der Waals surface area contributed by atoms with Crippen LogP contribution in [0.5, 0.6) is 0 Å². The van der Waals surface area contributed by atoms with Crippen LogP contribution in [0.25, 0.3) is 50.6 Å². The zero-order valence-corrected chi connectivity index (χ0v) is 17.4. The number of nitrogens with two attached hydrogens (primary N) is 1. The zero-order chi connectivity index (χ0) is 21.3. The van der Waals surface area contributed by atoms with Crippen LogP contribution < -0.4 is 5.73 Å². The van der Waals surface area contributed by atoms with Gasteiger partial charge in [-0.05, 0) is 40.6 Å². The number of para-hydroxylation sites is 2.